The summed E-state index contributed by atoms with van der Waals surface area (Å²) >= 11 is 0. The van der Waals surface area contributed by atoms with Crippen LogP contribution in [0.3, 0.4) is 0 Å². The first kappa shape index (κ1) is 68.6. The molecule has 0 aromatic rings. The van der Waals surface area contributed by atoms with Gasteiger partial charge in [0.1, 0.15) is 72.1 Å². The van der Waals surface area contributed by atoms with Crippen molar-refractivity contribution < 1.29 is 139 Å². The summed E-state index contributed by atoms with van der Waals surface area (Å²) in [6.45, 7) is 8.76. The molecule has 5 saturated carbocycles. The number of aliphatic hydroxyl groups excluding tert-OH is 15. The van der Waals surface area contributed by atoms with Crippen LogP contribution in [-0.4, -0.2) is 281 Å². The van der Waals surface area contributed by atoms with Crippen molar-refractivity contribution in [2.24, 2.45) is 56.2 Å². The van der Waals surface area contributed by atoms with Crippen molar-refractivity contribution in [3.63, 3.8) is 0 Å². The Morgan fingerprint density at radius 1 is 0.625 bits per heavy atom. The van der Waals surface area contributed by atoms with Crippen molar-refractivity contribution in [3.05, 3.63) is 11.6 Å². The molecule has 504 valence electrons. The lowest BCUT2D eigenvalue weighted by Gasteiger charge is -2.72. The third kappa shape index (κ3) is 11.1. The smallest absolute Gasteiger partial charge is 0.317 e. The lowest BCUT2D eigenvalue weighted by Crippen LogP contribution is -2.71. The quantitative estimate of drug-likeness (QED) is 0.0547. The highest BCUT2D eigenvalue weighted by molar-refractivity contribution is 5.80. The fourth-order valence-corrected chi connectivity index (χ4v) is 18.2. The molecule has 0 bridgehead atoms. The van der Waals surface area contributed by atoms with Gasteiger partial charge in [-0.15, -0.1) is 0 Å². The number of ether oxygens (including phenoxy) is 10. The molecule has 0 aromatic carbocycles. The van der Waals surface area contributed by atoms with Crippen LogP contribution in [0.5, 0.6) is 0 Å². The summed E-state index contributed by atoms with van der Waals surface area (Å²) < 4.78 is 59.3. The first-order valence-electron chi connectivity index (χ1n) is 31.1. The van der Waals surface area contributed by atoms with Crippen LogP contribution in [0, 0.1) is 56.2 Å². The molecule has 16 N–H and O–H groups in total. The second kappa shape index (κ2) is 25.1. The van der Waals surface area contributed by atoms with Gasteiger partial charge < -0.3 is 129 Å². The van der Waals surface area contributed by atoms with E-state index in [1.807, 2.05) is 0 Å². The normalized spacial score (nSPS) is 52.5. The van der Waals surface area contributed by atoms with Crippen LogP contribution in [0.2, 0.25) is 0 Å². The van der Waals surface area contributed by atoms with Crippen LogP contribution in [0.1, 0.15) is 106 Å². The van der Waals surface area contributed by atoms with Gasteiger partial charge in [0.2, 0.25) is 6.29 Å². The molecule has 28 heteroatoms. The van der Waals surface area contributed by atoms with Crippen LogP contribution in [0.15, 0.2) is 11.6 Å². The van der Waals surface area contributed by atoms with E-state index in [0.717, 1.165) is 12.5 Å². The van der Waals surface area contributed by atoms with Gasteiger partial charge in [-0.25, -0.2) is 0 Å². The van der Waals surface area contributed by atoms with Gasteiger partial charge >= 0.3 is 11.9 Å². The summed E-state index contributed by atoms with van der Waals surface area (Å²) in [5.74, 6) is -3.99. The van der Waals surface area contributed by atoms with Crippen molar-refractivity contribution >= 4 is 11.9 Å². The molecule has 9 fully saturated rings. The summed E-state index contributed by atoms with van der Waals surface area (Å²) in [7, 11) is 0. The molecular formula is C60H96O28. The van der Waals surface area contributed by atoms with Crippen LogP contribution < -0.4 is 0 Å². The molecule has 10 rings (SSSR count). The second-order valence-electron chi connectivity index (χ2n) is 28.9. The number of esters is 2. The molecule has 0 aromatic heterocycles. The maximum Gasteiger partial charge on any atom is 0.317 e. The van der Waals surface area contributed by atoms with E-state index in [1.54, 1.807) is 0 Å². The van der Waals surface area contributed by atoms with Crippen molar-refractivity contribution in [2.75, 3.05) is 46.2 Å². The largest absolute Gasteiger partial charge is 0.454 e. The van der Waals surface area contributed by atoms with E-state index in [9.17, 15) is 86.5 Å². The number of rotatable bonds is 15. The standard InChI is InChI=1S/C60H96O28/c1-25-43(85-49-42(75)44(32(68)20-79-49)86-52-47(76)59(78,23-64)24-81-52)41(74)46(83-26(2)65)51(82-25)87-45-38(71)31(67)19-80-50(45)88-53(77)60-13-12-54(3,4)15-29(60)28-8-9-34-55(5)16-30(66)48(84-33-14-27(18-61)37(70)40(73)39(33)72)58(21-62,22-63)35(55)10-11-56(34,6)57(28,7)17-36(60)69/h8,25,27,29-52,61-64,66-76,78H,9-24H2,1-7H3/t25-,27+,29-,30-,31-,32+,33+,34+,35+,36+,37+,38-,39-,40-,41+,42+,43-,44-,45+,46+,47-,48-,49-,50-,51-,52-,55+,56+,57+,59+,60+/m0/s1. The van der Waals surface area contributed by atoms with E-state index in [1.165, 1.54) is 6.92 Å². The molecule has 4 aliphatic heterocycles. The molecule has 0 amide bonds. The van der Waals surface area contributed by atoms with E-state index >= 15 is 4.79 Å². The average Bonchev–Trinajstić information content (AvgIpc) is 0.732. The van der Waals surface area contributed by atoms with Crippen molar-refractivity contribution in [1.82, 2.24) is 0 Å². The fourth-order valence-electron chi connectivity index (χ4n) is 18.2. The van der Waals surface area contributed by atoms with Gasteiger partial charge in [-0.2, -0.15) is 0 Å². The summed E-state index contributed by atoms with van der Waals surface area (Å²) in [5.41, 5.74) is -6.79. The maximum atomic E-state index is 15.6. The van der Waals surface area contributed by atoms with Gasteiger partial charge in [0.15, 0.2) is 31.1 Å². The zero-order valence-corrected chi connectivity index (χ0v) is 51.0. The maximum absolute atomic E-state index is 15.6. The molecule has 0 radical (unpaired) electrons. The molecule has 31 atom stereocenters. The van der Waals surface area contributed by atoms with Crippen molar-refractivity contribution in [3.8, 4) is 0 Å². The van der Waals surface area contributed by atoms with E-state index in [4.69, 9.17) is 47.4 Å². The Kier molecular flexibility index (Phi) is 19.6. The first-order chi connectivity index (χ1) is 41.3. The molecule has 10 aliphatic rings. The molecule has 88 heavy (non-hydrogen) atoms. The highest BCUT2D eigenvalue weighted by atomic mass is 16.8. The summed E-state index contributed by atoms with van der Waals surface area (Å²) in [4.78, 5) is 28.3. The van der Waals surface area contributed by atoms with Crippen molar-refractivity contribution in [1.29, 1.82) is 0 Å². The van der Waals surface area contributed by atoms with E-state index in [0.29, 0.717) is 32.1 Å². The van der Waals surface area contributed by atoms with Crippen LogP contribution in [0.25, 0.3) is 0 Å². The Hall–Kier alpha value is -2.28. The third-order valence-corrected chi connectivity index (χ3v) is 23.4. The fraction of sp³-hybridized carbons (Fsp3) is 0.933. The predicted octanol–water partition coefficient (Wildman–Crippen LogP) is -4.14. The number of fused-ring (bicyclic) bond motifs is 7. The van der Waals surface area contributed by atoms with Gasteiger partial charge in [0.05, 0.1) is 76.3 Å². The van der Waals surface area contributed by atoms with E-state index < -0.39 is 244 Å². The minimum absolute atomic E-state index is 0.0634. The van der Waals surface area contributed by atoms with Gasteiger partial charge in [0.25, 0.3) is 0 Å². The number of allylic oxidation sites excluding steroid dienone is 2. The molecule has 4 saturated heterocycles. The molecule has 28 nitrogen and oxygen atoms in total. The molecular weight excluding hydrogens is 1170 g/mol. The zero-order chi connectivity index (χ0) is 64.3. The molecule has 0 unspecified atom stereocenters. The number of carbonyl (C=O) groups excluding carboxylic acids is 2. The number of carbonyl (C=O) groups is 2. The average molecular weight is 1270 g/mol. The highest BCUT2D eigenvalue weighted by Gasteiger charge is 2.74. The van der Waals surface area contributed by atoms with Crippen LogP contribution in [-0.2, 0) is 57.0 Å². The summed E-state index contributed by atoms with van der Waals surface area (Å²) in [6.07, 6.45) is -30.3. The topological polar surface area (TPSA) is 450 Å². The lowest BCUT2D eigenvalue weighted by molar-refractivity contribution is -0.372. The Morgan fingerprint density at radius 3 is 1.93 bits per heavy atom. The van der Waals surface area contributed by atoms with E-state index in [-0.39, 0.29) is 37.0 Å². The second-order valence-corrected chi connectivity index (χ2v) is 28.9. The molecule has 6 aliphatic carbocycles. The predicted molar refractivity (Wildman–Crippen MR) is 294 cm³/mol. The van der Waals surface area contributed by atoms with Gasteiger partial charge in [0, 0.05) is 24.9 Å². The van der Waals surface area contributed by atoms with Crippen molar-refractivity contribution in [2.45, 2.75) is 247 Å². The molecule has 4 heterocycles. The zero-order valence-electron chi connectivity index (χ0n) is 51.0. The Balaban J connectivity index is 0.886. The monoisotopic (exact) mass is 1260 g/mol. The van der Waals surface area contributed by atoms with Gasteiger partial charge in [-0.1, -0.05) is 46.3 Å². The lowest BCUT2D eigenvalue weighted by atomic mass is 9.33. The Morgan fingerprint density at radius 2 is 1.28 bits per heavy atom. The number of aliphatic hydroxyl groups is 16. The van der Waals surface area contributed by atoms with Crippen LogP contribution >= 0.6 is 0 Å². The number of hydrogen-bond acceptors (Lipinski definition) is 28. The summed E-state index contributed by atoms with van der Waals surface area (Å²) in [5, 5.41) is 178. The summed E-state index contributed by atoms with van der Waals surface area (Å²) in [6, 6.07) is 0. The SMILES string of the molecule is CC(=O)O[C@H]1[C@H](O[C@H]2[C@H](OC(=O)[C@]34CCC(C)(C)C[C@H]3C3=CC[C@@H]5[C@@]6(C)C[C@H](O)[C@H](O[C@@H]7C[C@H](CO)[C@@H](O)[C@H](O)[C@H]7O)C(CO)(CO)[C@@H]6CC[C@@]5(C)[C@]3(C)C[C@H]4O)OC[C@H](O)[C@@H]2O)O[C@@H](C)[C@H](O[C@@H]2OC[C@@H](O)[C@H](O[C@@H]3OC[C@](O)(CO)[C@H]3O)[C@H]2O)[C@H]1O. The highest BCUT2D eigenvalue weighted by Crippen LogP contribution is 2.76. The first-order valence-corrected chi connectivity index (χ1v) is 31.1. The van der Waals surface area contributed by atoms with Gasteiger partial charge in [-0.05, 0) is 104 Å². The van der Waals surface area contributed by atoms with Crippen LogP contribution in [0.4, 0.5) is 0 Å². The molecule has 0 spiro atoms. The van der Waals surface area contributed by atoms with Gasteiger partial charge in [-0.3, -0.25) is 9.59 Å². The van der Waals surface area contributed by atoms with E-state index in [2.05, 4.69) is 40.7 Å². The Labute approximate surface area is 510 Å². The third-order valence-electron chi connectivity index (χ3n) is 23.4. The number of hydrogen-bond donors (Lipinski definition) is 16. The minimum Gasteiger partial charge on any atom is -0.454 e. The Bertz CT molecular complexity index is 2500. The minimum atomic E-state index is -2.09.